The molecule has 0 saturated heterocycles. The molecular formula is C12H19N5. The first-order valence-electron chi connectivity index (χ1n) is 5.86. The predicted molar refractivity (Wildman–Crippen MR) is 66.6 cm³/mol. The smallest absolute Gasteiger partial charge is 0.0537 e. The SMILES string of the molecule is Cc1cnn(CCN[C@@H](C)c2cnn(C)c2)c1. The summed E-state index contributed by atoms with van der Waals surface area (Å²) >= 11 is 0. The Hall–Kier alpha value is -1.62. The zero-order valence-electron chi connectivity index (χ0n) is 10.6. The molecule has 1 N–H and O–H groups in total. The van der Waals surface area contributed by atoms with Gasteiger partial charge in [-0.15, -0.1) is 0 Å². The Balaban J connectivity index is 1.78. The number of nitrogens with one attached hydrogen (secondary N) is 1. The second kappa shape index (κ2) is 5.14. The van der Waals surface area contributed by atoms with Crippen molar-refractivity contribution in [1.29, 1.82) is 0 Å². The molecule has 0 saturated carbocycles. The third-order valence-electron chi connectivity index (χ3n) is 2.78. The minimum atomic E-state index is 0.320. The Kier molecular flexibility index (Phi) is 3.58. The average molecular weight is 233 g/mol. The summed E-state index contributed by atoms with van der Waals surface area (Å²) in [7, 11) is 1.93. The maximum absolute atomic E-state index is 4.25. The predicted octanol–water partition coefficient (Wildman–Crippen LogP) is 1.28. The summed E-state index contributed by atoms with van der Waals surface area (Å²) in [5.41, 5.74) is 2.41. The van der Waals surface area contributed by atoms with Crippen LogP contribution < -0.4 is 5.32 Å². The van der Waals surface area contributed by atoms with Crippen LogP contribution in [-0.4, -0.2) is 26.1 Å². The van der Waals surface area contributed by atoms with Gasteiger partial charge in [0.05, 0.1) is 18.9 Å². The van der Waals surface area contributed by atoms with Gasteiger partial charge in [0, 0.05) is 37.6 Å². The van der Waals surface area contributed by atoms with Crippen LogP contribution in [0.1, 0.15) is 24.1 Å². The number of nitrogens with zero attached hydrogens (tertiary/aromatic N) is 4. The van der Waals surface area contributed by atoms with Crippen LogP contribution in [0.4, 0.5) is 0 Å². The molecule has 0 aromatic carbocycles. The van der Waals surface area contributed by atoms with Crippen molar-refractivity contribution in [2.75, 3.05) is 6.54 Å². The van der Waals surface area contributed by atoms with Crippen LogP contribution in [-0.2, 0) is 13.6 Å². The molecule has 0 bridgehead atoms. The first-order valence-corrected chi connectivity index (χ1v) is 5.86. The molecule has 0 aliphatic rings. The number of aryl methyl sites for hydroxylation is 2. The molecule has 0 fully saturated rings. The van der Waals surface area contributed by atoms with Gasteiger partial charge in [0.2, 0.25) is 0 Å². The molecule has 2 aromatic heterocycles. The third-order valence-corrected chi connectivity index (χ3v) is 2.78. The first-order chi connectivity index (χ1) is 8.15. The van der Waals surface area contributed by atoms with Gasteiger partial charge in [-0.05, 0) is 19.4 Å². The highest BCUT2D eigenvalue weighted by molar-refractivity contribution is 5.08. The lowest BCUT2D eigenvalue weighted by Crippen LogP contribution is -2.23. The second-order valence-electron chi connectivity index (χ2n) is 4.40. The van der Waals surface area contributed by atoms with Crippen LogP contribution in [0.15, 0.2) is 24.8 Å². The Morgan fingerprint density at radius 3 is 2.71 bits per heavy atom. The zero-order valence-corrected chi connectivity index (χ0v) is 10.6. The quantitative estimate of drug-likeness (QED) is 0.846. The molecule has 0 unspecified atom stereocenters. The van der Waals surface area contributed by atoms with E-state index in [2.05, 4.69) is 35.6 Å². The molecule has 2 heterocycles. The standard InChI is InChI=1S/C12H19N5/c1-10-6-15-17(8-10)5-4-13-11(2)12-7-14-16(3)9-12/h6-9,11,13H,4-5H2,1-3H3/t11-/m0/s1. The van der Waals surface area contributed by atoms with Gasteiger partial charge in [-0.25, -0.2) is 0 Å². The molecule has 0 aliphatic carbocycles. The summed E-state index contributed by atoms with van der Waals surface area (Å²) in [4.78, 5) is 0. The highest BCUT2D eigenvalue weighted by Gasteiger charge is 2.06. The Morgan fingerprint density at radius 1 is 1.29 bits per heavy atom. The van der Waals surface area contributed by atoms with Crippen LogP contribution >= 0.6 is 0 Å². The Labute approximate surface area is 101 Å². The van der Waals surface area contributed by atoms with E-state index in [9.17, 15) is 0 Å². The van der Waals surface area contributed by atoms with E-state index in [1.807, 2.05) is 35.0 Å². The van der Waals surface area contributed by atoms with Crippen molar-refractivity contribution in [2.45, 2.75) is 26.4 Å². The number of hydrogen-bond donors (Lipinski definition) is 1. The maximum atomic E-state index is 4.25. The molecule has 2 rings (SSSR count). The van der Waals surface area contributed by atoms with Crippen molar-refractivity contribution in [1.82, 2.24) is 24.9 Å². The molecule has 2 aromatic rings. The molecule has 5 nitrogen and oxygen atoms in total. The van der Waals surface area contributed by atoms with Gasteiger partial charge in [-0.2, -0.15) is 10.2 Å². The number of hydrogen-bond acceptors (Lipinski definition) is 3. The van der Waals surface area contributed by atoms with Gasteiger partial charge >= 0.3 is 0 Å². The zero-order chi connectivity index (χ0) is 12.3. The molecule has 92 valence electrons. The first kappa shape index (κ1) is 11.9. The van der Waals surface area contributed by atoms with Crippen molar-refractivity contribution in [3.05, 3.63) is 35.9 Å². The number of aromatic nitrogens is 4. The largest absolute Gasteiger partial charge is 0.308 e. The topological polar surface area (TPSA) is 47.7 Å². The van der Waals surface area contributed by atoms with E-state index in [1.54, 1.807) is 0 Å². The lowest BCUT2D eigenvalue weighted by atomic mass is 10.2. The van der Waals surface area contributed by atoms with Gasteiger partial charge in [0.1, 0.15) is 0 Å². The number of rotatable bonds is 5. The molecule has 5 heteroatoms. The monoisotopic (exact) mass is 233 g/mol. The lowest BCUT2D eigenvalue weighted by Gasteiger charge is -2.11. The van der Waals surface area contributed by atoms with Gasteiger partial charge in [-0.1, -0.05) is 0 Å². The third kappa shape index (κ3) is 3.17. The molecule has 0 aliphatic heterocycles. The van der Waals surface area contributed by atoms with E-state index in [0.717, 1.165) is 13.1 Å². The molecule has 0 amide bonds. The van der Waals surface area contributed by atoms with Gasteiger partial charge < -0.3 is 5.32 Å². The van der Waals surface area contributed by atoms with E-state index < -0.39 is 0 Å². The van der Waals surface area contributed by atoms with E-state index in [4.69, 9.17) is 0 Å². The fourth-order valence-electron chi connectivity index (χ4n) is 1.77. The summed E-state index contributed by atoms with van der Waals surface area (Å²) < 4.78 is 3.78. The van der Waals surface area contributed by atoms with Gasteiger partial charge in [0.15, 0.2) is 0 Å². The average Bonchev–Trinajstić information content (AvgIpc) is 2.88. The normalized spacial score (nSPS) is 12.9. The minimum absolute atomic E-state index is 0.320. The van der Waals surface area contributed by atoms with Crippen molar-refractivity contribution in [3.63, 3.8) is 0 Å². The summed E-state index contributed by atoms with van der Waals surface area (Å²) in [6.45, 7) is 5.98. The maximum Gasteiger partial charge on any atom is 0.0537 e. The van der Waals surface area contributed by atoms with Crippen LogP contribution in [0, 0.1) is 6.92 Å². The fraction of sp³-hybridized carbons (Fsp3) is 0.500. The van der Waals surface area contributed by atoms with Crippen molar-refractivity contribution in [2.24, 2.45) is 7.05 Å². The van der Waals surface area contributed by atoms with E-state index >= 15 is 0 Å². The van der Waals surface area contributed by atoms with Crippen LogP contribution in [0.5, 0.6) is 0 Å². The Morgan fingerprint density at radius 2 is 2.12 bits per heavy atom. The van der Waals surface area contributed by atoms with Crippen LogP contribution in [0.25, 0.3) is 0 Å². The summed E-state index contributed by atoms with van der Waals surface area (Å²) in [6.07, 6.45) is 7.87. The fourth-order valence-corrected chi connectivity index (χ4v) is 1.77. The van der Waals surface area contributed by atoms with Crippen LogP contribution in [0.2, 0.25) is 0 Å². The van der Waals surface area contributed by atoms with Crippen LogP contribution in [0.3, 0.4) is 0 Å². The van der Waals surface area contributed by atoms with Crippen molar-refractivity contribution >= 4 is 0 Å². The van der Waals surface area contributed by atoms with E-state index in [0.29, 0.717) is 6.04 Å². The molecule has 17 heavy (non-hydrogen) atoms. The highest BCUT2D eigenvalue weighted by atomic mass is 15.3. The molecular weight excluding hydrogens is 214 g/mol. The summed E-state index contributed by atoms with van der Waals surface area (Å²) in [5.74, 6) is 0. The minimum Gasteiger partial charge on any atom is -0.308 e. The summed E-state index contributed by atoms with van der Waals surface area (Å²) in [6, 6.07) is 0.320. The molecule has 0 radical (unpaired) electrons. The van der Waals surface area contributed by atoms with Crippen molar-refractivity contribution in [3.8, 4) is 0 Å². The van der Waals surface area contributed by atoms with Gasteiger partial charge in [0.25, 0.3) is 0 Å². The van der Waals surface area contributed by atoms with Crippen molar-refractivity contribution < 1.29 is 0 Å². The Bertz CT molecular complexity index is 471. The highest BCUT2D eigenvalue weighted by Crippen LogP contribution is 2.09. The van der Waals surface area contributed by atoms with E-state index in [1.165, 1.54) is 11.1 Å². The molecule has 0 spiro atoms. The van der Waals surface area contributed by atoms with E-state index in [-0.39, 0.29) is 0 Å². The molecule has 1 atom stereocenters. The lowest BCUT2D eigenvalue weighted by molar-refractivity contribution is 0.507. The summed E-state index contributed by atoms with van der Waals surface area (Å²) in [5, 5.41) is 11.9. The second-order valence-corrected chi connectivity index (χ2v) is 4.40. The van der Waals surface area contributed by atoms with Gasteiger partial charge in [-0.3, -0.25) is 9.36 Å².